The number of methoxy groups -OCH3 is 1. The van der Waals surface area contributed by atoms with Crippen LogP contribution in [0.25, 0.3) is 0 Å². The van der Waals surface area contributed by atoms with Crippen LogP contribution in [0.2, 0.25) is 0 Å². The molecule has 0 aromatic carbocycles. The van der Waals surface area contributed by atoms with Crippen LogP contribution in [0, 0.1) is 11.8 Å². The van der Waals surface area contributed by atoms with E-state index in [-0.39, 0.29) is 0 Å². The molecule has 1 unspecified atom stereocenters. The second kappa shape index (κ2) is 4.43. The van der Waals surface area contributed by atoms with Gasteiger partial charge in [0.1, 0.15) is 0 Å². The first-order chi connectivity index (χ1) is 6.06. The Morgan fingerprint density at radius 1 is 1.46 bits per heavy atom. The molecular formula is C11H23NO. The lowest BCUT2D eigenvalue weighted by Crippen LogP contribution is -2.44. The summed E-state index contributed by atoms with van der Waals surface area (Å²) < 4.78 is 5.10. The van der Waals surface area contributed by atoms with Gasteiger partial charge in [-0.05, 0) is 38.5 Å². The SMILES string of the molecule is COCC(C)CNC(C)(C)C1CC1. The molecule has 0 saturated heterocycles. The van der Waals surface area contributed by atoms with Crippen molar-refractivity contribution in [2.45, 2.75) is 39.2 Å². The van der Waals surface area contributed by atoms with Crippen LogP contribution in [0.4, 0.5) is 0 Å². The molecule has 1 rings (SSSR count). The topological polar surface area (TPSA) is 21.3 Å². The van der Waals surface area contributed by atoms with Crippen molar-refractivity contribution in [1.29, 1.82) is 0 Å². The van der Waals surface area contributed by atoms with Crippen molar-refractivity contribution in [3.63, 3.8) is 0 Å². The van der Waals surface area contributed by atoms with Crippen LogP contribution >= 0.6 is 0 Å². The number of ether oxygens (including phenoxy) is 1. The summed E-state index contributed by atoms with van der Waals surface area (Å²) in [6.07, 6.45) is 2.80. The third-order valence-electron chi connectivity index (χ3n) is 2.96. The van der Waals surface area contributed by atoms with Crippen LogP contribution < -0.4 is 5.32 Å². The second-order valence-corrected chi connectivity index (χ2v) is 4.94. The van der Waals surface area contributed by atoms with Crippen LogP contribution in [0.1, 0.15) is 33.6 Å². The molecule has 1 aliphatic carbocycles. The van der Waals surface area contributed by atoms with E-state index in [0.717, 1.165) is 19.1 Å². The summed E-state index contributed by atoms with van der Waals surface area (Å²) in [6, 6.07) is 0. The van der Waals surface area contributed by atoms with Gasteiger partial charge in [0.25, 0.3) is 0 Å². The summed E-state index contributed by atoms with van der Waals surface area (Å²) in [6.45, 7) is 8.76. The maximum absolute atomic E-state index is 5.10. The molecule has 0 aliphatic heterocycles. The molecule has 1 N–H and O–H groups in total. The minimum absolute atomic E-state index is 0.335. The molecule has 1 saturated carbocycles. The van der Waals surface area contributed by atoms with Crippen molar-refractivity contribution in [3.8, 4) is 0 Å². The normalized spacial score (nSPS) is 20.3. The van der Waals surface area contributed by atoms with Crippen molar-refractivity contribution < 1.29 is 4.74 Å². The number of hydrogen-bond donors (Lipinski definition) is 1. The summed E-state index contributed by atoms with van der Waals surface area (Å²) in [4.78, 5) is 0. The van der Waals surface area contributed by atoms with Gasteiger partial charge in [0.15, 0.2) is 0 Å². The van der Waals surface area contributed by atoms with Gasteiger partial charge >= 0.3 is 0 Å². The Morgan fingerprint density at radius 3 is 2.54 bits per heavy atom. The molecule has 0 amide bonds. The molecule has 1 atom stereocenters. The monoisotopic (exact) mass is 185 g/mol. The smallest absolute Gasteiger partial charge is 0.0499 e. The molecule has 0 heterocycles. The van der Waals surface area contributed by atoms with Gasteiger partial charge in [-0.25, -0.2) is 0 Å². The summed E-state index contributed by atoms with van der Waals surface area (Å²) in [7, 11) is 1.77. The van der Waals surface area contributed by atoms with Crippen molar-refractivity contribution in [2.24, 2.45) is 11.8 Å². The van der Waals surface area contributed by atoms with E-state index in [1.165, 1.54) is 12.8 Å². The predicted molar refractivity (Wildman–Crippen MR) is 55.8 cm³/mol. The Balaban J connectivity index is 2.16. The highest BCUT2D eigenvalue weighted by Crippen LogP contribution is 2.39. The Morgan fingerprint density at radius 2 is 2.08 bits per heavy atom. The minimum atomic E-state index is 0.335. The first-order valence-corrected chi connectivity index (χ1v) is 5.30. The molecule has 1 aliphatic rings. The molecular weight excluding hydrogens is 162 g/mol. The van der Waals surface area contributed by atoms with Gasteiger partial charge in [0.2, 0.25) is 0 Å². The lowest BCUT2D eigenvalue weighted by molar-refractivity contribution is 0.152. The molecule has 0 aromatic heterocycles. The van der Waals surface area contributed by atoms with Crippen LogP contribution in [-0.4, -0.2) is 25.8 Å². The molecule has 78 valence electrons. The van der Waals surface area contributed by atoms with Gasteiger partial charge < -0.3 is 10.1 Å². The van der Waals surface area contributed by atoms with Gasteiger partial charge in [0.05, 0.1) is 0 Å². The van der Waals surface area contributed by atoms with Gasteiger partial charge in [0, 0.05) is 25.8 Å². The average molecular weight is 185 g/mol. The fraction of sp³-hybridized carbons (Fsp3) is 1.00. The van der Waals surface area contributed by atoms with E-state index in [0.29, 0.717) is 11.5 Å². The standard InChI is InChI=1S/C11H23NO/c1-9(8-13-4)7-12-11(2,3)10-5-6-10/h9-10,12H,5-8H2,1-4H3. The summed E-state index contributed by atoms with van der Waals surface area (Å²) in [5.74, 6) is 1.52. The lowest BCUT2D eigenvalue weighted by atomic mass is 9.98. The lowest BCUT2D eigenvalue weighted by Gasteiger charge is -2.28. The highest BCUT2D eigenvalue weighted by molar-refractivity contribution is 4.94. The van der Waals surface area contributed by atoms with E-state index >= 15 is 0 Å². The third-order valence-corrected chi connectivity index (χ3v) is 2.96. The highest BCUT2D eigenvalue weighted by atomic mass is 16.5. The molecule has 2 nitrogen and oxygen atoms in total. The van der Waals surface area contributed by atoms with Gasteiger partial charge in [-0.1, -0.05) is 6.92 Å². The first kappa shape index (κ1) is 11.0. The third kappa shape index (κ3) is 3.65. The fourth-order valence-electron chi connectivity index (χ4n) is 1.73. The van der Waals surface area contributed by atoms with Gasteiger partial charge in [-0.3, -0.25) is 0 Å². The van der Waals surface area contributed by atoms with Crippen LogP contribution in [-0.2, 0) is 4.74 Å². The highest BCUT2D eigenvalue weighted by Gasteiger charge is 2.37. The van der Waals surface area contributed by atoms with Crippen molar-refractivity contribution in [1.82, 2.24) is 5.32 Å². The molecule has 2 heteroatoms. The summed E-state index contributed by atoms with van der Waals surface area (Å²) in [5.41, 5.74) is 0.335. The number of hydrogen-bond acceptors (Lipinski definition) is 2. The Hall–Kier alpha value is -0.0800. The molecule has 0 aromatic rings. The van der Waals surface area contributed by atoms with E-state index in [2.05, 4.69) is 26.1 Å². The molecule has 1 fully saturated rings. The first-order valence-electron chi connectivity index (χ1n) is 5.30. The average Bonchev–Trinajstić information content (AvgIpc) is 2.84. The quantitative estimate of drug-likeness (QED) is 0.684. The van der Waals surface area contributed by atoms with Gasteiger partial charge in [-0.2, -0.15) is 0 Å². The number of rotatable bonds is 6. The van der Waals surface area contributed by atoms with E-state index in [4.69, 9.17) is 4.74 Å². The Kier molecular flexibility index (Phi) is 3.74. The Labute approximate surface area is 82.0 Å². The zero-order chi connectivity index (χ0) is 9.90. The molecule has 0 bridgehead atoms. The van der Waals surface area contributed by atoms with Gasteiger partial charge in [-0.15, -0.1) is 0 Å². The van der Waals surface area contributed by atoms with Crippen molar-refractivity contribution >= 4 is 0 Å². The predicted octanol–water partition coefficient (Wildman–Crippen LogP) is 2.05. The number of nitrogens with one attached hydrogen (secondary N) is 1. The zero-order valence-corrected chi connectivity index (χ0v) is 9.39. The van der Waals surface area contributed by atoms with E-state index < -0.39 is 0 Å². The van der Waals surface area contributed by atoms with E-state index in [1.807, 2.05) is 0 Å². The van der Waals surface area contributed by atoms with Crippen LogP contribution in [0.5, 0.6) is 0 Å². The van der Waals surface area contributed by atoms with Crippen molar-refractivity contribution in [2.75, 3.05) is 20.3 Å². The van der Waals surface area contributed by atoms with E-state index in [1.54, 1.807) is 7.11 Å². The summed E-state index contributed by atoms with van der Waals surface area (Å²) in [5, 5.41) is 3.63. The molecule has 13 heavy (non-hydrogen) atoms. The molecule has 0 spiro atoms. The second-order valence-electron chi connectivity index (χ2n) is 4.94. The fourth-order valence-corrected chi connectivity index (χ4v) is 1.73. The van der Waals surface area contributed by atoms with E-state index in [9.17, 15) is 0 Å². The maximum atomic E-state index is 5.10. The maximum Gasteiger partial charge on any atom is 0.0499 e. The van der Waals surface area contributed by atoms with Crippen LogP contribution in [0.3, 0.4) is 0 Å². The Bertz CT molecular complexity index is 152. The van der Waals surface area contributed by atoms with Crippen LogP contribution in [0.15, 0.2) is 0 Å². The van der Waals surface area contributed by atoms with Crippen molar-refractivity contribution in [3.05, 3.63) is 0 Å². The zero-order valence-electron chi connectivity index (χ0n) is 9.39. The molecule has 0 radical (unpaired) electrons. The minimum Gasteiger partial charge on any atom is -0.384 e. The summed E-state index contributed by atoms with van der Waals surface area (Å²) >= 11 is 0. The largest absolute Gasteiger partial charge is 0.384 e.